The Kier molecular flexibility index (Phi) is 10.7. The fourth-order valence-corrected chi connectivity index (χ4v) is 4.44. The topological polar surface area (TPSA) is 42.9 Å². The van der Waals surface area contributed by atoms with Gasteiger partial charge in [-0.15, -0.1) is 24.0 Å². The molecule has 3 rings (SSSR count). The van der Waals surface area contributed by atoms with Crippen LogP contribution in [0, 0.1) is 11.8 Å². The standard InChI is InChI=1S/C24H41N5.HI/c1-19(2)18-28-13-11-22(12-14-28)27-24(25-4)26-17-21-5-7-23(8-6-21)29-15-9-20(3)10-16-29;/h5-8,19-20,22H,9-18H2,1-4H3,(H2,25,26,27);1H. The summed E-state index contributed by atoms with van der Waals surface area (Å²) in [6.45, 7) is 13.7. The third kappa shape index (κ3) is 7.91. The highest BCUT2D eigenvalue weighted by atomic mass is 127. The molecule has 2 heterocycles. The molecule has 6 heteroatoms. The van der Waals surface area contributed by atoms with Gasteiger partial charge in [0.15, 0.2) is 5.96 Å². The zero-order valence-electron chi connectivity index (χ0n) is 19.4. The Morgan fingerprint density at radius 1 is 1.03 bits per heavy atom. The third-order valence-corrected chi connectivity index (χ3v) is 6.32. The van der Waals surface area contributed by atoms with E-state index < -0.39 is 0 Å². The first-order chi connectivity index (χ1) is 14.0. The fourth-order valence-electron chi connectivity index (χ4n) is 4.44. The molecule has 0 atom stereocenters. The van der Waals surface area contributed by atoms with Crippen LogP contribution in [0.4, 0.5) is 5.69 Å². The van der Waals surface area contributed by atoms with Crippen LogP contribution in [-0.4, -0.2) is 56.7 Å². The number of nitrogens with one attached hydrogen (secondary N) is 2. The molecule has 0 bridgehead atoms. The number of piperidine rings is 2. The number of likely N-dealkylation sites (tertiary alicyclic amines) is 1. The summed E-state index contributed by atoms with van der Waals surface area (Å²) in [6, 6.07) is 9.56. The molecule has 5 nitrogen and oxygen atoms in total. The van der Waals surface area contributed by atoms with Crippen molar-refractivity contribution in [3.63, 3.8) is 0 Å². The third-order valence-electron chi connectivity index (χ3n) is 6.32. The summed E-state index contributed by atoms with van der Waals surface area (Å²) in [5, 5.41) is 7.11. The van der Waals surface area contributed by atoms with Crippen molar-refractivity contribution in [3.8, 4) is 0 Å². The molecule has 2 aliphatic rings. The number of aliphatic imine (C=N–C) groups is 1. The zero-order valence-corrected chi connectivity index (χ0v) is 21.7. The van der Waals surface area contributed by atoms with E-state index in [4.69, 9.17) is 0 Å². The lowest BCUT2D eigenvalue weighted by Crippen LogP contribution is -2.48. The van der Waals surface area contributed by atoms with Gasteiger partial charge in [-0.2, -0.15) is 0 Å². The Morgan fingerprint density at radius 3 is 2.23 bits per heavy atom. The molecule has 2 aliphatic heterocycles. The van der Waals surface area contributed by atoms with Crippen molar-refractivity contribution in [3.05, 3.63) is 29.8 Å². The predicted molar refractivity (Wildman–Crippen MR) is 140 cm³/mol. The molecule has 0 aromatic heterocycles. The summed E-state index contributed by atoms with van der Waals surface area (Å²) >= 11 is 0. The lowest BCUT2D eigenvalue weighted by Gasteiger charge is -2.34. The number of hydrogen-bond acceptors (Lipinski definition) is 3. The van der Waals surface area contributed by atoms with E-state index in [1.807, 2.05) is 7.05 Å². The highest BCUT2D eigenvalue weighted by molar-refractivity contribution is 14.0. The van der Waals surface area contributed by atoms with Crippen molar-refractivity contribution in [2.45, 2.75) is 59.0 Å². The normalized spacial score (nSPS) is 19.6. The van der Waals surface area contributed by atoms with E-state index in [-0.39, 0.29) is 24.0 Å². The van der Waals surface area contributed by atoms with Crippen LogP contribution in [0.2, 0.25) is 0 Å². The van der Waals surface area contributed by atoms with Crippen molar-refractivity contribution in [2.24, 2.45) is 16.8 Å². The molecule has 0 amide bonds. The summed E-state index contributed by atoms with van der Waals surface area (Å²) in [7, 11) is 1.86. The van der Waals surface area contributed by atoms with E-state index in [1.165, 1.54) is 69.7 Å². The van der Waals surface area contributed by atoms with Crippen molar-refractivity contribution in [1.29, 1.82) is 0 Å². The smallest absolute Gasteiger partial charge is 0.191 e. The van der Waals surface area contributed by atoms with E-state index in [2.05, 4.69) is 70.5 Å². The zero-order chi connectivity index (χ0) is 20.6. The van der Waals surface area contributed by atoms with Gasteiger partial charge in [-0.05, 0) is 55.2 Å². The molecule has 0 spiro atoms. The van der Waals surface area contributed by atoms with Gasteiger partial charge >= 0.3 is 0 Å². The second-order valence-electron chi connectivity index (χ2n) is 9.37. The lowest BCUT2D eigenvalue weighted by atomic mass is 9.99. The molecule has 170 valence electrons. The molecular formula is C24H42IN5. The Bertz CT molecular complexity index is 630. The van der Waals surface area contributed by atoms with Crippen LogP contribution in [-0.2, 0) is 6.54 Å². The molecule has 2 saturated heterocycles. The largest absolute Gasteiger partial charge is 0.372 e. The van der Waals surface area contributed by atoms with Gasteiger partial charge < -0.3 is 20.4 Å². The summed E-state index contributed by atoms with van der Waals surface area (Å²) in [5.74, 6) is 2.54. The molecule has 1 aromatic carbocycles. The maximum Gasteiger partial charge on any atom is 0.191 e. The summed E-state index contributed by atoms with van der Waals surface area (Å²) < 4.78 is 0. The molecule has 0 unspecified atom stereocenters. The molecule has 0 aliphatic carbocycles. The number of anilines is 1. The Hall–Kier alpha value is -1.02. The van der Waals surface area contributed by atoms with Gasteiger partial charge in [0.25, 0.3) is 0 Å². The quantitative estimate of drug-likeness (QED) is 0.329. The molecule has 1 aromatic rings. The summed E-state index contributed by atoms with van der Waals surface area (Å²) in [4.78, 5) is 9.54. The number of hydrogen-bond donors (Lipinski definition) is 2. The molecule has 0 radical (unpaired) electrons. The number of nitrogens with zero attached hydrogens (tertiary/aromatic N) is 3. The van der Waals surface area contributed by atoms with Gasteiger partial charge in [-0.1, -0.05) is 32.9 Å². The number of halogens is 1. The summed E-state index contributed by atoms with van der Waals surface area (Å²) in [5.41, 5.74) is 2.66. The first-order valence-electron chi connectivity index (χ1n) is 11.6. The second-order valence-corrected chi connectivity index (χ2v) is 9.37. The van der Waals surface area contributed by atoms with Crippen LogP contribution in [0.1, 0.15) is 52.0 Å². The van der Waals surface area contributed by atoms with E-state index in [1.54, 1.807) is 0 Å². The van der Waals surface area contributed by atoms with Crippen LogP contribution in [0.15, 0.2) is 29.3 Å². The van der Waals surface area contributed by atoms with Crippen molar-refractivity contribution < 1.29 is 0 Å². The second kappa shape index (κ2) is 12.7. The van der Waals surface area contributed by atoms with E-state index in [0.29, 0.717) is 6.04 Å². The summed E-state index contributed by atoms with van der Waals surface area (Å²) in [6.07, 6.45) is 5.00. The average Bonchev–Trinajstić information content (AvgIpc) is 2.73. The first kappa shape index (κ1) is 25.2. The van der Waals surface area contributed by atoms with E-state index >= 15 is 0 Å². The van der Waals surface area contributed by atoms with Gasteiger partial charge in [0.1, 0.15) is 0 Å². The molecule has 30 heavy (non-hydrogen) atoms. The van der Waals surface area contributed by atoms with Crippen molar-refractivity contribution in [1.82, 2.24) is 15.5 Å². The van der Waals surface area contributed by atoms with Crippen LogP contribution in [0.3, 0.4) is 0 Å². The van der Waals surface area contributed by atoms with Crippen LogP contribution >= 0.6 is 24.0 Å². The minimum Gasteiger partial charge on any atom is -0.372 e. The molecule has 2 N–H and O–H groups in total. The highest BCUT2D eigenvalue weighted by Gasteiger charge is 2.20. The highest BCUT2D eigenvalue weighted by Crippen LogP contribution is 2.23. The fraction of sp³-hybridized carbons (Fsp3) is 0.708. The van der Waals surface area contributed by atoms with Crippen LogP contribution in [0.5, 0.6) is 0 Å². The maximum absolute atomic E-state index is 4.44. The van der Waals surface area contributed by atoms with Gasteiger partial charge in [0.05, 0.1) is 0 Å². The van der Waals surface area contributed by atoms with Gasteiger partial charge in [-0.3, -0.25) is 4.99 Å². The van der Waals surface area contributed by atoms with Crippen LogP contribution in [0.25, 0.3) is 0 Å². The molecule has 0 saturated carbocycles. The molecule has 2 fully saturated rings. The van der Waals surface area contributed by atoms with Gasteiger partial charge in [-0.25, -0.2) is 0 Å². The SMILES string of the molecule is CN=C(NCc1ccc(N2CCC(C)CC2)cc1)NC1CCN(CC(C)C)CC1.I. The van der Waals surface area contributed by atoms with E-state index in [0.717, 1.165) is 24.3 Å². The van der Waals surface area contributed by atoms with Crippen LogP contribution < -0.4 is 15.5 Å². The van der Waals surface area contributed by atoms with Gasteiger partial charge in [0.2, 0.25) is 0 Å². The number of rotatable bonds is 6. The minimum absolute atomic E-state index is 0. The Balaban J connectivity index is 0.00000320. The van der Waals surface area contributed by atoms with Crippen molar-refractivity contribution in [2.75, 3.05) is 44.7 Å². The Morgan fingerprint density at radius 2 is 1.67 bits per heavy atom. The minimum atomic E-state index is 0. The lowest BCUT2D eigenvalue weighted by molar-refractivity contribution is 0.187. The predicted octanol–water partition coefficient (Wildman–Crippen LogP) is 4.33. The van der Waals surface area contributed by atoms with E-state index in [9.17, 15) is 0 Å². The maximum atomic E-state index is 4.44. The van der Waals surface area contributed by atoms with Crippen molar-refractivity contribution >= 4 is 35.6 Å². The monoisotopic (exact) mass is 527 g/mol. The number of benzene rings is 1. The average molecular weight is 528 g/mol. The molecular weight excluding hydrogens is 485 g/mol. The Labute approximate surface area is 201 Å². The first-order valence-corrected chi connectivity index (χ1v) is 11.6. The number of guanidine groups is 1. The van der Waals surface area contributed by atoms with Gasteiger partial charge in [0, 0.05) is 58.0 Å².